The van der Waals surface area contributed by atoms with Gasteiger partial charge in [0.2, 0.25) is 0 Å². The maximum absolute atomic E-state index is 11.7. The van der Waals surface area contributed by atoms with Gasteiger partial charge in [-0.1, -0.05) is 30.0 Å². The topological polar surface area (TPSA) is 69.4 Å². The van der Waals surface area contributed by atoms with Crippen molar-refractivity contribution >= 4 is 23.4 Å². The van der Waals surface area contributed by atoms with E-state index in [1.165, 1.54) is 24.3 Å². The maximum atomic E-state index is 11.7. The summed E-state index contributed by atoms with van der Waals surface area (Å²) in [5.74, 6) is 5.73. The number of carbonyl (C=O) groups excluding carboxylic acids is 1. The highest BCUT2D eigenvalue weighted by atomic mass is 32.2. The molecule has 0 aliphatic carbocycles. The molecule has 2 rings (SSSR count). The number of nitro benzene ring substituents is 1. The number of nitrogens with zero attached hydrogens (tertiary/aromatic N) is 1. The van der Waals surface area contributed by atoms with Crippen molar-refractivity contribution in [1.82, 2.24) is 0 Å². The van der Waals surface area contributed by atoms with Crippen LogP contribution in [0, 0.1) is 22.0 Å². The fraction of sp³-hybridized carbons (Fsp3) is 0.118. The molecule has 0 aliphatic rings. The van der Waals surface area contributed by atoms with E-state index in [-0.39, 0.29) is 17.9 Å². The fourth-order valence-electron chi connectivity index (χ4n) is 1.64. The van der Waals surface area contributed by atoms with Crippen LogP contribution in [0.3, 0.4) is 0 Å². The van der Waals surface area contributed by atoms with Gasteiger partial charge in [0.15, 0.2) is 6.61 Å². The summed E-state index contributed by atoms with van der Waals surface area (Å²) in [5.41, 5.74) is 0.190. The van der Waals surface area contributed by atoms with E-state index >= 15 is 0 Å². The summed E-state index contributed by atoms with van der Waals surface area (Å²) in [6, 6.07) is 15.1. The summed E-state index contributed by atoms with van der Waals surface area (Å²) in [4.78, 5) is 22.8. The van der Waals surface area contributed by atoms with E-state index in [0.717, 1.165) is 4.90 Å². The van der Waals surface area contributed by atoms with Gasteiger partial charge >= 0.3 is 5.97 Å². The van der Waals surface area contributed by atoms with Crippen LogP contribution in [0.25, 0.3) is 0 Å². The van der Waals surface area contributed by atoms with Crippen LogP contribution in [0.2, 0.25) is 0 Å². The van der Waals surface area contributed by atoms with E-state index in [1.54, 1.807) is 11.8 Å². The zero-order chi connectivity index (χ0) is 16.5. The van der Waals surface area contributed by atoms with Crippen LogP contribution >= 0.6 is 11.8 Å². The average molecular weight is 327 g/mol. The molecule has 2 aromatic carbocycles. The summed E-state index contributed by atoms with van der Waals surface area (Å²) in [6.45, 7) is -0.00876. The third-order valence-electron chi connectivity index (χ3n) is 2.77. The van der Waals surface area contributed by atoms with E-state index < -0.39 is 10.9 Å². The van der Waals surface area contributed by atoms with Gasteiger partial charge < -0.3 is 4.74 Å². The van der Waals surface area contributed by atoms with Crippen LogP contribution in [0.5, 0.6) is 0 Å². The first-order valence-electron chi connectivity index (χ1n) is 6.72. The van der Waals surface area contributed by atoms with Crippen molar-refractivity contribution in [2.24, 2.45) is 0 Å². The lowest BCUT2D eigenvalue weighted by atomic mass is 10.2. The standard InChI is InChI=1S/C17H13NO4S/c19-17(14-8-10-15(11-9-14)18(20)21)22-12-4-5-13-23-16-6-2-1-3-7-16/h1-3,6-11H,12-13H2. The first-order chi connectivity index (χ1) is 11.2. The molecular formula is C17H13NO4S. The summed E-state index contributed by atoms with van der Waals surface area (Å²) >= 11 is 1.60. The Labute approximate surface area is 137 Å². The number of hydrogen-bond acceptors (Lipinski definition) is 5. The van der Waals surface area contributed by atoms with Gasteiger partial charge in [-0.2, -0.15) is 0 Å². The molecule has 0 atom stereocenters. The number of thioether (sulfide) groups is 1. The van der Waals surface area contributed by atoms with Gasteiger partial charge in [-0.25, -0.2) is 4.79 Å². The van der Waals surface area contributed by atoms with Gasteiger partial charge in [0, 0.05) is 17.0 Å². The minimum Gasteiger partial charge on any atom is -0.449 e. The molecule has 0 aliphatic heterocycles. The second kappa shape index (κ2) is 8.61. The Hall–Kier alpha value is -2.78. The molecule has 0 unspecified atom stereocenters. The highest BCUT2D eigenvalue weighted by Gasteiger charge is 2.09. The molecule has 0 amide bonds. The fourth-order valence-corrected chi connectivity index (χ4v) is 2.33. The van der Waals surface area contributed by atoms with Crippen molar-refractivity contribution in [3.05, 3.63) is 70.3 Å². The molecule has 5 nitrogen and oxygen atoms in total. The van der Waals surface area contributed by atoms with Crippen molar-refractivity contribution in [1.29, 1.82) is 0 Å². The van der Waals surface area contributed by atoms with Crippen LogP contribution in [0.4, 0.5) is 5.69 Å². The molecule has 0 aromatic heterocycles. The van der Waals surface area contributed by atoms with Gasteiger partial charge in [0.05, 0.1) is 16.2 Å². The van der Waals surface area contributed by atoms with Crippen molar-refractivity contribution in [3.8, 4) is 11.8 Å². The van der Waals surface area contributed by atoms with Gasteiger partial charge in [-0.05, 0) is 24.3 Å². The van der Waals surface area contributed by atoms with Crippen LogP contribution in [-0.4, -0.2) is 23.3 Å². The molecule has 0 N–H and O–H groups in total. The van der Waals surface area contributed by atoms with Crippen molar-refractivity contribution in [3.63, 3.8) is 0 Å². The van der Waals surface area contributed by atoms with Crippen LogP contribution in [0.15, 0.2) is 59.5 Å². The number of ether oxygens (including phenoxy) is 1. The van der Waals surface area contributed by atoms with Gasteiger partial charge in [-0.15, -0.1) is 11.8 Å². The van der Waals surface area contributed by atoms with Gasteiger partial charge in [-0.3, -0.25) is 10.1 Å². The monoisotopic (exact) mass is 327 g/mol. The SMILES string of the molecule is O=C(OCC#CCSc1ccccc1)c1ccc([N+](=O)[O-])cc1. The Balaban J connectivity index is 1.74. The van der Waals surface area contributed by atoms with Crippen LogP contribution in [0.1, 0.15) is 10.4 Å². The zero-order valence-corrected chi connectivity index (χ0v) is 12.9. The Kier molecular flexibility index (Phi) is 6.21. The molecule has 0 radical (unpaired) electrons. The lowest BCUT2D eigenvalue weighted by Crippen LogP contribution is -2.05. The molecular weight excluding hydrogens is 314 g/mol. The van der Waals surface area contributed by atoms with Crippen LogP contribution < -0.4 is 0 Å². The van der Waals surface area contributed by atoms with E-state index in [4.69, 9.17) is 4.74 Å². The first kappa shape index (κ1) is 16.6. The highest BCUT2D eigenvalue weighted by molar-refractivity contribution is 7.99. The number of carbonyl (C=O) groups is 1. The minimum absolute atomic E-state index is 0.00876. The molecule has 0 heterocycles. The molecule has 23 heavy (non-hydrogen) atoms. The number of non-ortho nitro benzene ring substituents is 1. The van der Waals surface area contributed by atoms with E-state index in [9.17, 15) is 14.9 Å². The average Bonchev–Trinajstić information content (AvgIpc) is 2.58. The van der Waals surface area contributed by atoms with E-state index in [2.05, 4.69) is 11.8 Å². The lowest BCUT2D eigenvalue weighted by Gasteiger charge is -2.00. The van der Waals surface area contributed by atoms with Gasteiger partial charge in [0.1, 0.15) is 0 Å². The third kappa shape index (κ3) is 5.49. The third-order valence-corrected chi connectivity index (χ3v) is 3.66. The second-order valence-corrected chi connectivity index (χ2v) is 5.38. The number of hydrogen-bond donors (Lipinski definition) is 0. The molecule has 0 saturated carbocycles. The largest absolute Gasteiger partial charge is 0.449 e. The zero-order valence-electron chi connectivity index (χ0n) is 12.1. The van der Waals surface area contributed by atoms with Crippen molar-refractivity contribution in [2.45, 2.75) is 4.90 Å². The smallest absolute Gasteiger partial charge is 0.339 e. The lowest BCUT2D eigenvalue weighted by molar-refractivity contribution is -0.384. The number of benzene rings is 2. The molecule has 0 fully saturated rings. The van der Waals surface area contributed by atoms with Gasteiger partial charge in [0.25, 0.3) is 5.69 Å². The van der Waals surface area contributed by atoms with E-state index in [0.29, 0.717) is 5.75 Å². The summed E-state index contributed by atoms with van der Waals surface area (Å²) in [6.07, 6.45) is 0. The second-order valence-electron chi connectivity index (χ2n) is 4.34. The first-order valence-corrected chi connectivity index (χ1v) is 7.70. The molecule has 0 spiro atoms. The molecule has 0 saturated heterocycles. The Morgan fingerprint density at radius 1 is 1.09 bits per heavy atom. The quantitative estimate of drug-likeness (QED) is 0.276. The summed E-state index contributed by atoms with van der Waals surface area (Å²) in [7, 11) is 0. The van der Waals surface area contributed by atoms with Crippen molar-refractivity contribution < 1.29 is 14.5 Å². The number of esters is 1. The highest BCUT2D eigenvalue weighted by Crippen LogP contribution is 2.15. The molecule has 116 valence electrons. The number of nitro groups is 1. The molecule has 0 bridgehead atoms. The number of rotatable bonds is 5. The Morgan fingerprint density at radius 3 is 2.43 bits per heavy atom. The summed E-state index contributed by atoms with van der Waals surface area (Å²) < 4.78 is 4.99. The molecule has 6 heteroatoms. The predicted molar refractivity (Wildman–Crippen MR) is 88.3 cm³/mol. The normalized spacial score (nSPS) is 9.57. The maximum Gasteiger partial charge on any atom is 0.339 e. The molecule has 2 aromatic rings. The van der Waals surface area contributed by atoms with Crippen molar-refractivity contribution in [2.75, 3.05) is 12.4 Å². The Morgan fingerprint density at radius 2 is 1.78 bits per heavy atom. The van der Waals surface area contributed by atoms with E-state index in [1.807, 2.05) is 30.3 Å². The van der Waals surface area contributed by atoms with Crippen LogP contribution in [-0.2, 0) is 4.74 Å². The summed E-state index contributed by atoms with van der Waals surface area (Å²) in [5, 5.41) is 10.5. The minimum atomic E-state index is -0.551. The predicted octanol–water partition coefficient (Wildman–Crippen LogP) is 3.55. The Bertz CT molecular complexity index is 733.